The number of rotatable bonds is 4. The fourth-order valence-corrected chi connectivity index (χ4v) is 1.54. The Hall–Kier alpha value is -1.42. The molecule has 0 aliphatic carbocycles. The molecule has 1 aromatic rings. The monoisotopic (exact) mass is 221 g/mol. The highest BCUT2D eigenvalue weighted by molar-refractivity contribution is 5.92. The van der Waals surface area contributed by atoms with Crippen molar-refractivity contribution < 1.29 is 4.79 Å². The molecule has 1 heterocycles. The fraction of sp³-hybridized carbons (Fsp3) is 0.500. The predicted octanol–water partition coefficient (Wildman–Crippen LogP) is 1.56. The number of anilines is 1. The lowest BCUT2D eigenvalue weighted by Gasteiger charge is -2.18. The van der Waals surface area contributed by atoms with Gasteiger partial charge in [0.15, 0.2) is 0 Å². The van der Waals surface area contributed by atoms with Gasteiger partial charge >= 0.3 is 0 Å². The second-order valence-electron chi connectivity index (χ2n) is 4.26. The maximum absolute atomic E-state index is 11.9. The number of nitrogens with one attached hydrogen (secondary N) is 1. The van der Waals surface area contributed by atoms with Crippen LogP contribution in [0.4, 0.5) is 5.69 Å². The number of carbonyl (C=O) groups excluding carboxylic acids is 1. The molecule has 1 aromatic heterocycles. The van der Waals surface area contributed by atoms with Gasteiger partial charge in [-0.1, -0.05) is 13.8 Å². The number of hydrogen-bond donors (Lipinski definition) is 2. The SMILES string of the molecule is Cc1cc(NC(=O)C(CN)C(C)C)ccn1. The number of hydrogen-bond acceptors (Lipinski definition) is 3. The van der Waals surface area contributed by atoms with Gasteiger partial charge in [0.25, 0.3) is 0 Å². The minimum atomic E-state index is -0.145. The molecule has 1 amide bonds. The molecule has 0 aromatic carbocycles. The number of aromatic nitrogens is 1. The summed E-state index contributed by atoms with van der Waals surface area (Å²) < 4.78 is 0. The molecule has 4 nitrogen and oxygen atoms in total. The van der Waals surface area contributed by atoms with Crippen LogP contribution in [0.25, 0.3) is 0 Å². The van der Waals surface area contributed by atoms with Gasteiger partial charge in [0.1, 0.15) is 0 Å². The highest BCUT2D eigenvalue weighted by atomic mass is 16.1. The first-order valence-corrected chi connectivity index (χ1v) is 5.48. The van der Waals surface area contributed by atoms with E-state index in [0.29, 0.717) is 6.54 Å². The molecule has 4 heteroatoms. The van der Waals surface area contributed by atoms with Gasteiger partial charge in [-0.3, -0.25) is 9.78 Å². The number of amides is 1. The zero-order valence-electron chi connectivity index (χ0n) is 10.0. The van der Waals surface area contributed by atoms with Gasteiger partial charge < -0.3 is 11.1 Å². The van der Waals surface area contributed by atoms with Gasteiger partial charge in [-0.2, -0.15) is 0 Å². The zero-order chi connectivity index (χ0) is 12.1. The first kappa shape index (κ1) is 12.6. The molecule has 1 atom stereocenters. The number of pyridine rings is 1. The van der Waals surface area contributed by atoms with Crippen molar-refractivity contribution in [2.24, 2.45) is 17.6 Å². The average Bonchev–Trinajstić information content (AvgIpc) is 2.17. The smallest absolute Gasteiger partial charge is 0.229 e. The number of nitrogens with zero attached hydrogens (tertiary/aromatic N) is 1. The van der Waals surface area contributed by atoms with E-state index in [1.807, 2.05) is 26.8 Å². The Kier molecular flexibility index (Phi) is 4.43. The maximum Gasteiger partial charge on any atom is 0.229 e. The van der Waals surface area contributed by atoms with Crippen LogP contribution in [-0.4, -0.2) is 17.4 Å². The molecule has 0 radical (unpaired) electrons. The van der Waals surface area contributed by atoms with E-state index < -0.39 is 0 Å². The lowest BCUT2D eigenvalue weighted by molar-refractivity contribution is -0.120. The van der Waals surface area contributed by atoms with Gasteiger partial charge in [0, 0.05) is 24.1 Å². The molecule has 0 spiro atoms. The summed E-state index contributed by atoms with van der Waals surface area (Å²) in [5.74, 6) is 0.0736. The third-order valence-corrected chi connectivity index (χ3v) is 2.56. The van der Waals surface area contributed by atoms with Crippen LogP contribution in [0.5, 0.6) is 0 Å². The first-order valence-electron chi connectivity index (χ1n) is 5.48. The second-order valence-corrected chi connectivity index (χ2v) is 4.26. The van der Waals surface area contributed by atoms with Gasteiger partial charge in [0.05, 0.1) is 5.92 Å². The van der Waals surface area contributed by atoms with Crippen LogP contribution in [0.1, 0.15) is 19.5 Å². The number of aryl methyl sites for hydroxylation is 1. The Balaban J connectivity index is 2.70. The summed E-state index contributed by atoms with van der Waals surface area (Å²) in [6.45, 7) is 6.25. The lowest BCUT2D eigenvalue weighted by Crippen LogP contribution is -2.33. The van der Waals surface area contributed by atoms with Crippen molar-refractivity contribution in [3.63, 3.8) is 0 Å². The van der Waals surface area contributed by atoms with Crippen LogP contribution < -0.4 is 11.1 Å². The van der Waals surface area contributed by atoms with Crippen LogP contribution in [0.2, 0.25) is 0 Å². The summed E-state index contributed by atoms with van der Waals surface area (Å²) in [7, 11) is 0. The molecule has 0 aliphatic rings. The Morgan fingerprint density at radius 3 is 2.75 bits per heavy atom. The Bertz CT molecular complexity index is 363. The van der Waals surface area contributed by atoms with E-state index in [1.54, 1.807) is 12.3 Å². The van der Waals surface area contributed by atoms with Crippen molar-refractivity contribution in [2.75, 3.05) is 11.9 Å². The Labute approximate surface area is 96.3 Å². The quantitative estimate of drug-likeness (QED) is 0.810. The van der Waals surface area contributed by atoms with E-state index in [9.17, 15) is 4.79 Å². The van der Waals surface area contributed by atoms with Gasteiger partial charge in [0.2, 0.25) is 5.91 Å². The van der Waals surface area contributed by atoms with Crippen LogP contribution in [0.15, 0.2) is 18.3 Å². The van der Waals surface area contributed by atoms with Gasteiger partial charge in [-0.25, -0.2) is 0 Å². The van der Waals surface area contributed by atoms with Gasteiger partial charge in [-0.05, 0) is 25.0 Å². The normalized spacial score (nSPS) is 12.6. The fourth-order valence-electron chi connectivity index (χ4n) is 1.54. The molecule has 0 fully saturated rings. The van der Waals surface area contributed by atoms with Crippen molar-refractivity contribution in [3.8, 4) is 0 Å². The molecular formula is C12H19N3O. The molecular weight excluding hydrogens is 202 g/mol. The van der Waals surface area contributed by atoms with Crippen LogP contribution in [0.3, 0.4) is 0 Å². The van der Waals surface area contributed by atoms with Crippen LogP contribution in [-0.2, 0) is 4.79 Å². The number of nitrogens with two attached hydrogens (primary N) is 1. The third kappa shape index (κ3) is 3.31. The summed E-state index contributed by atoms with van der Waals surface area (Å²) in [6.07, 6.45) is 1.68. The second kappa shape index (κ2) is 5.61. The van der Waals surface area contributed by atoms with Crippen LogP contribution >= 0.6 is 0 Å². The standard InChI is InChI=1S/C12H19N3O/c1-8(2)11(7-13)12(16)15-10-4-5-14-9(3)6-10/h4-6,8,11H,7,13H2,1-3H3,(H,14,15,16). The summed E-state index contributed by atoms with van der Waals surface area (Å²) in [5, 5.41) is 2.86. The molecule has 1 rings (SSSR count). The first-order chi connectivity index (χ1) is 7.54. The van der Waals surface area contributed by atoms with Crippen molar-refractivity contribution in [2.45, 2.75) is 20.8 Å². The molecule has 3 N–H and O–H groups in total. The predicted molar refractivity (Wildman–Crippen MR) is 65.0 cm³/mol. The Morgan fingerprint density at radius 2 is 2.25 bits per heavy atom. The van der Waals surface area contributed by atoms with E-state index in [0.717, 1.165) is 11.4 Å². The zero-order valence-corrected chi connectivity index (χ0v) is 10.0. The minimum Gasteiger partial charge on any atom is -0.330 e. The molecule has 0 aliphatic heterocycles. The van der Waals surface area contributed by atoms with Crippen LogP contribution in [0, 0.1) is 18.8 Å². The van der Waals surface area contributed by atoms with Gasteiger partial charge in [-0.15, -0.1) is 0 Å². The topological polar surface area (TPSA) is 68.0 Å². The lowest BCUT2D eigenvalue weighted by atomic mass is 9.95. The largest absolute Gasteiger partial charge is 0.330 e. The molecule has 88 valence electrons. The summed E-state index contributed by atoms with van der Waals surface area (Å²) in [5.41, 5.74) is 7.24. The van der Waals surface area contributed by atoms with Crippen molar-refractivity contribution in [3.05, 3.63) is 24.0 Å². The molecule has 0 saturated heterocycles. The van der Waals surface area contributed by atoms with E-state index >= 15 is 0 Å². The average molecular weight is 221 g/mol. The maximum atomic E-state index is 11.9. The third-order valence-electron chi connectivity index (χ3n) is 2.56. The Morgan fingerprint density at radius 1 is 1.56 bits per heavy atom. The molecule has 0 bridgehead atoms. The van der Waals surface area contributed by atoms with Crippen molar-refractivity contribution in [1.29, 1.82) is 0 Å². The van der Waals surface area contributed by atoms with E-state index in [1.165, 1.54) is 0 Å². The minimum absolute atomic E-state index is 0.0249. The van der Waals surface area contributed by atoms with Crippen molar-refractivity contribution >= 4 is 11.6 Å². The van der Waals surface area contributed by atoms with Crippen molar-refractivity contribution in [1.82, 2.24) is 4.98 Å². The number of carbonyl (C=O) groups is 1. The van der Waals surface area contributed by atoms with E-state index in [2.05, 4.69) is 10.3 Å². The van der Waals surface area contributed by atoms with E-state index in [4.69, 9.17) is 5.73 Å². The highest BCUT2D eigenvalue weighted by Crippen LogP contribution is 2.14. The molecule has 0 saturated carbocycles. The molecule has 1 unspecified atom stereocenters. The summed E-state index contributed by atoms with van der Waals surface area (Å²) in [4.78, 5) is 16.0. The highest BCUT2D eigenvalue weighted by Gasteiger charge is 2.20. The summed E-state index contributed by atoms with van der Waals surface area (Å²) in [6, 6.07) is 3.62. The summed E-state index contributed by atoms with van der Waals surface area (Å²) >= 11 is 0. The molecule has 16 heavy (non-hydrogen) atoms. The van der Waals surface area contributed by atoms with E-state index in [-0.39, 0.29) is 17.7 Å².